The highest BCUT2D eigenvalue weighted by Gasteiger charge is 2.31. The Balaban J connectivity index is 2.98. The summed E-state index contributed by atoms with van der Waals surface area (Å²) in [5, 5.41) is 0. The van der Waals surface area contributed by atoms with Crippen molar-refractivity contribution in [3.05, 3.63) is 35.1 Å². The van der Waals surface area contributed by atoms with Gasteiger partial charge in [-0.05, 0) is 36.6 Å². The van der Waals surface area contributed by atoms with Crippen LogP contribution < -0.4 is 0 Å². The molecule has 1 aromatic rings. The molecule has 1 amide bonds. The zero-order valence-corrected chi connectivity index (χ0v) is 10.3. The summed E-state index contributed by atoms with van der Waals surface area (Å²) in [4.78, 5) is 12.5. The smallest absolute Gasteiger partial charge is 0.331 e. The van der Waals surface area contributed by atoms with Gasteiger partial charge in [0, 0.05) is 13.6 Å². The fourth-order valence-electron chi connectivity index (χ4n) is 1.45. The summed E-state index contributed by atoms with van der Waals surface area (Å²) in [6.07, 6.45) is -4.62. The molecule has 0 fully saturated rings. The summed E-state index contributed by atoms with van der Waals surface area (Å²) >= 11 is 0. The number of carbonyl (C=O) groups excluding carboxylic acids is 1. The molecule has 0 atom stereocenters. The number of carbonyl (C=O) groups is 1. The van der Waals surface area contributed by atoms with Crippen molar-refractivity contribution >= 4 is 5.91 Å². The SMILES string of the molecule is CC#CC(=O)N(C)Cc1cc(F)cc(C(F)(F)F)c1. The van der Waals surface area contributed by atoms with Gasteiger partial charge in [-0.3, -0.25) is 4.79 Å². The summed E-state index contributed by atoms with van der Waals surface area (Å²) in [7, 11) is 1.38. The van der Waals surface area contributed by atoms with Gasteiger partial charge in [0.15, 0.2) is 0 Å². The quantitative estimate of drug-likeness (QED) is 0.599. The van der Waals surface area contributed by atoms with E-state index in [4.69, 9.17) is 0 Å². The maximum Gasteiger partial charge on any atom is 0.416 e. The molecule has 0 radical (unpaired) electrons. The number of nitrogens with zero attached hydrogens (tertiary/aromatic N) is 1. The molecule has 1 aromatic carbocycles. The van der Waals surface area contributed by atoms with Gasteiger partial charge in [0.05, 0.1) is 5.56 Å². The average molecular weight is 273 g/mol. The lowest BCUT2D eigenvalue weighted by Crippen LogP contribution is -2.24. The van der Waals surface area contributed by atoms with Gasteiger partial charge < -0.3 is 4.90 Å². The minimum absolute atomic E-state index is 0.0566. The predicted octanol–water partition coefficient (Wildman–Crippen LogP) is 2.83. The Hall–Kier alpha value is -2.03. The molecule has 0 N–H and O–H groups in total. The minimum atomic E-state index is -4.62. The number of alkyl halides is 3. The first-order valence-electron chi connectivity index (χ1n) is 5.28. The van der Waals surface area contributed by atoms with Crippen LogP contribution in [0.4, 0.5) is 17.6 Å². The Labute approximate surface area is 108 Å². The second-order valence-corrected chi connectivity index (χ2v) is 3.88. The molecule has 0 aliphatic rings. The summed E-state index contributed by atoms with van der Waals surface area (Å²) in [5.41, 5.74) is -1.02. The van der Waals surface area contributed by atoms with Crippen LogP contribution in [0.1, 0.15) is 18.1 Å². The Morgan fingerprint density at radius 3 is 2.47 bits per heavy atom. The highest BCUT2D eigenvalue weighted by atomic mass is 19.4. The Bertz CT molecular complexity index is 540. The van der Waals surface area contributed by atoms with Crippen LogP contribution in [0.5, 0.6) is 0 Å². The van der Waals surface area contributed by atoms with Gasteiger partial charge >= 0.3 is 6.18 Å². The lowest BCUT2D eigenvalue weighted by molar-refractivity contribution is -0.137. The van der Waals surface area contributed by atoms with Gasteiger partial charge in [-0.1, -0.05) is 5.92 Å². The normalized spacial score (nSPS) is 10.6. The largest absolute Gasteiger partial charge is 0.416 e. The van der Waals surface area contributed by atoms with Crippen LogP contribution >= 0.6 is 0 Å². The zero-order valence-electron chi connectivity index (χ0n) is 10.3. The summed E-state index contributed by atoms with van der Waals surface area (Å²) < 4.78 is 50.6. The standard InChI is InChI=1S/C13H11F4NO/c1-3-4-12(19)18(2)8-9-5-10(13(15,16)17)7-11(14)6-9/h5-7H,8H2,1-2H3. The topological polar surface area (TPSA) is 20.3 Å². The van der Waals surface area contributed by atoms with Crippen molar-refractivity contribution in [3.8, 4) is 11.8 Å². The van der Waals surface area contributed by atoms with Crippen molar-refractivity contribution in [2.24, 2.45) is 0 Å². The third-order valence-corrected chi connectivity index (χ3v) is 2.28. The molecule has 2 nitrogen and oxygen atoms in total. The Morgan fingerprint density at radius 2 is 1.95 bits per heavy atom. The molecule has 0 saturated carbocycles. The van der Waals surface area contributed by atoms with Crippen LogP contribution in [0.3, 0.4) is 0 Å². The van der Waals surface area contributed by atoms with E-state index in [2.05, 4.69) is 11.8 Å². The molecular weight excluding hydrogens is 262 g/mol. The van der Waals surface area contributed by atoms with Gasteiger partial charge in [0.2, 0.25) is 0 Å². The molecule has 6 heteroatoms. The lowest BCUT2D eigenvalue weighted by Gasteiger charge is -2.15. The maximum atomic E-state index is 13.1. The fraction of sp³-hybridized carbons (Fsp3) is 0.308. The van der Waals surface area contributed by atoms with E-state index in [-0.39, 0.29) is 12.1 Å². The van der Waals surface area contributed by atoms with Gasteiger partial charge in [-0.15, -0.1) is 0 Å². The molecule has 0 bridgehead atoms. The van der Waals surface area contributed by atoms with E-state index < -0.39 is 23.5 Å². The molecule has 0 unspecified atom stereocenters. The first kappa shape index (κ1) is 15.0. The molecule has 0 saturated heterocycles. The molecular formula is C13H11F4NO. The molecule has 0 heterocycles. The zero-order chi connectivity index (χ0) is 14.6. The first-order valence-corrected chi connectivity index (χ1v) is 5.28. The van der Waals surface area contributed by atoms with Crippen LogP contribution in [0.2, 0.25) is 0 Å². The highest BCUT2D eigenvalue weighted by Crippen LogP contribution is 2.30. The van der Waals surface area contributed by atoms with Crippen LogP contribution in [0, 0.1) is 17.7 Å². The van der Waals surface area contributed by atoms with E-state index in [1.165, 1.54) is 14.0 Å². The predicted molar refractivity (Wildman–Crippen MR) is 61.3 cm³/mol. The summed E-state index contributed by atoms with van der Waals surface area (Å²) in [6.45, 7) is 1.32. The van der Waals surface area contributed by atoms with Crippen LogP contribution in [0.15, 0.2) is 18.2 Å². The number of halogens is 4. The summed E-state index contributed by atoms with van der Waals surface area (Å²) in [5.74, 6) is 3.10. The molecule has 102 valence electrons. The second kappa shape index (κ2) is 5.74. The molecule has 0 aromatic heterocycles. The molecule has 19 heavy (non-hydrogen) atoms. The minimum Gasteiger partial charge on any atom is -0.331 e. The highest BCUT2D eigenvalue weighted by molar-refractivity contribution is 5.93. The number of rotatable bonds is 2. The van der Waals surface area contributed by atoms with E-state index in [9.17, 15) is 22.4 Å². The van der Waals surface area contributed by atoms with E-state index in [0.29, 0.717) is 6.07 Å². The number of benzene rings is 1. The van der Waals surface area contributed by atoms with Crippen molar-refractivity contribution in [3.63, 3.8) is 0 Å². The van der Waals surface area contributed by atoms with Crippen molar-refractivity contribution in [1.29, 1.82) is 0 Å². The van der Waals surface area contributed by atoms with E-state index in [1.54, 1.807) is 0 Å². The van der Waals surface area contributed by atoms with E-state index in [1.807, 2.05) is 0 Å². The Kier molecular flexibility index (Phi) is 4.54. The van der Waals surface area contributed by atoms with E-state index in [0.717, 1.165) is 17.0 Å². The fourth-order valence-corrected chi connectivity index (χ4v) is 1.45. The van der Waals surface area contributed by atoms with Crippen LogP contribution in [-0.2, 0) is 17.5 Å². The van der Waals surface area contributed by atoms with Gasteiger partial charge in [0.1, 0.15) is 5.82 Å². The Morgan fingerprint density at radius 1 is 1.32 bits per heavy atom. The third-order valence-electron chi connectivity index (χ3n) is 2.28. The monoisotopic (exact) mass is 273 g/mol. The molecule has 0 aliphatic carbocycles. The third kappa shape index (κ3) is 4.28. The van der Waals surface area contributed by atoms with Crippen molar-refractivity contribution in [2.45, 2.75) is 19.6 Å². The number of hydrogen-bond donors (Lipinski definition) is 0. The lowest BCUT2D eigenvalue weighted by atomic mass is 10.1. The van der Waals surface area contributed by atoms with Crippen molar-refractivity contribution in [2.75, 3.05) is 7.05 Å². The first-order chi connectivity index (χ1) is 8.74. The van der Waals surface area contributed by atoms with Crippen LogP contribution in [-0.4, -0.2) is 17.9 Å². The van der Waals surface area contributed by atoms with Gasteiger partial charge in [-0.2, -0.15) is 13.2 Å². The number of amides is 1. The molecule has 0 spiro atoms. The molecule has 0 aliphatic heterocycles. The summed E-state index contributed by atoms with van der Waals surface area (Å²) in [6, 6.07) is 2.18. The van der Waals surface area contributed by atoms with Crippen LogP contribution in [0.25, 0.3) is 0 Å². The average Bonchev–Trinajstić information content (AvgIpc) is 2.27. The van der Waals surface area contributed by atoms with Gasteiger partial charge in [-0.25, -0.2) is 4.39 Å². The van der Waals surface area contributed by atoms with E-state index >= 15 is 0 Å². The second-order valence-electron chi connectivity index (χ2n) is 3.88. The molecule has 1 rings (SSSR count). The maximum absolute atomic E-state index is 13.1. The number of hydrogen-bond acceptors (Lipinski definition) is 1. The van der Waals surface area contributed by atoms with Crippen molar-refractivity contribution < 1.29 is 22.4 Å². The van der Waals surface area contributed by atoms with Gasteiger partial charge in [0.25, 0.3) is 5.91 Å². The van der Waals surface area contributed by atoms with Crippen molar-refractivity contribution in [1.82, 2.24) is 4.90 Å².